The lowest BCUT2D eigenvalue weighted by atomic mass is 10.2. The first-order chi connectivity index (χ1) is 9.25. The molecule has 0 radical (unpaired) electrons. The van der Waals surface area contributed by atoms with Crippen molar-refractivity contribution in [1.82, 2.24) is 14.4 Å². The van der Waals surface area contributed by atoms with Crippen LogP contribution in [0.25, 0.3) is 17.1 Å². The van der Waals surface area contributed by atoms with Gasteiger partial charge in [0, 0.05) is 29.5 Å². The van der Waals surface area contributed by atoms with Gasteiger partial charge in [-0.1, -0.05) is 6.08 Å². The van der Waals surface area contributed by atoms with Crippen molar-refractivity contribution in [2.24, 2.45) is 0 Å². The van der Waals surface area contributed by atoms with E-state index in [9.17, 15) is 4.79 Å². The quantitative estimate of drug-likeness (QED) is 0.718. The first-order valence-electron chi connectivity index (χ1n) is 5.80. The van der Waals surface area contributed by atoms with Crippen LogP contribution in [0.15, 0.2) is 40.9 Å². The lowest BCUT2D eigenvalue weighted by molar-refractivity contribution is 1.03. The van der Waals surface area contributed by atoms with Gasteiger partial charge in [0.1, 0.15) is 0 Å². The Morgan fingerprint density at radius 1 is 1.26 bits per heavy atom. The second kappa shape index (κ2) is 4.78. The minimum Gasteiger partial charge on any atom is -0.269 e. The van der Waals surface area contributed by atoms with E-state index in [0.29, 0.717) is 16.2 Å². The molecule has 0 N–H and O–H groups in total. The Hall–Kier alpha value is -2.27. The van der Waals surface area contributed by atoms with E-state index in [-0.39, 0.29) is 5.56 Å². The Morgan fingerprint density at radius 3 is 2.84 bits per heavy atom. The van der Waals surface area contributed by atoms with E-state index >= 15 is 0 Å². The Kier molecular flexibility index (Phi) is 2.97. The van der Waals surface area contributed by atoms with Gasteiger partial charge in [-0.15, -0.1) is 11.3 Å². The molecule has 0 aromatic carbocycles. The van der Waals surface area contributed by atoms with Crippen molar-refractivity contribution in [3.63, 3.8) is 0 Å². The highest BCUT2D eigenvalue weighted by atomic mass is 32.1. The number of fused-ring (bicyclic) bond motifs is 1. The van der Waals surface area contributed by atoms with Crippen molar-refractivity contribution < 1.29 is 0 Å². The molecule has 0 fully saturated rings. The van der Waals surface area contributed by atoms with Crippen LogP contribution in [0.5, 0.6) is 0 Å². The molecule has 4 nitrogen and oxygen atoms in total. The van der Waals surface area contributed by atoms with Gasteiger partial charge in [-0.3, -0.25) is 14.2 Å². The molecule has 0 saturated heterocycles. The van der Waals surface area contributed by atoms with Gasteiger partial charge in [0.05, 0.1) is 5.69 Å². The monoisotopic (exact) mass is 269 g/mol. The summed E-state index contributed by atoms with van der Waals surface area (Å²) in [6, 6.07) is 3.81. The van der Waals surface area contributed by atoms with Crippen LogP contribution in [0.3, 0.4) is 0 Å². The van der Waals surface area contributed by atoms with Crippen LogP contribution in [-0.4, -0.2) is 14.4 Å². The molecule has 0 saturated carbocycles. The Morgan fingerprint density at radius 2 is 2.05 bits per heavy atom. The van der Waals surface area contributed by atoms with Gasteiger partial charge >= 0.3 is 0 Å². The molecule has 19 heavy (non-hydrogen) atoms. The van der Waals surface area contributed by atoms with Gasteiger partial charge in [0.15, 0.2) is 4.96 Å². The van der Waals surface area contributed by atoms with Gasteiger partial charge in [0.2, 0.25) is 0 Å². The summed E-state index contributed by atoms with van der Waals surface area (Å²) >= 11 is 1.45. The fourth-order valence-corrected chi connectivity index (χ4v) is 2.51. The predicted octanol–water partition coefficient (Wildman–Crippen LogP) is 2.63. The van der Waals surface area contributed by atoms with Crippen molar-refractivity contribution in [3.8, 4) is 0 Å². The third-order valence-corrected chi connectivity index (χ3v) is 3.63. The molecule has 5 heteroatoms. The summed E-state index contributed by atoms with van der Waals surface area (Å²) in [5, 5.41) is 1.86. The van der Waals surface area contributed by atoms with Crippen LogP contribution in [0.1, 0.15) is 16.8 Å². The molecule has 3 aromatic heterocycles. The number of rotatable bonds is 2. The molecule has 0 aliphatic rings. The number of hydrogen-bond acceptors (Lipinski definition) is 4. The summed E-state index contributed by atoms with van der Waals surface area (Å²) in [7, 11) is 0. The van der Waals surface area contributed by atoms with Crippen LogP contribution >= 0.6 is 11.3 Å². The summed E-state index contributed by atoms with van der Waals surface area (Å²) in [6.45, 7) is 1.80. The average Bonchev–Trinajstić information content (AvgIpc) is 2.91. The molecule has 3 rings (SSSR count). The minimum absolute atomic E-state index is 0.0133. The molecule has 0 amide bonds. The fourth-order valence-electron chi connectivity index (χ4n) is 1.80. The second-order valence-electron chi connectivity index (χ2n) is 4.10. The number of aromatic nitrogens is 3. The van der Waals surface area contributed by atoms with Crippen LogP contribution in [0, 0.1) is 6.92 Å². The van der Waals surface area contributed by atoms with Gasteiger partial charge in [-0.2, -0.15) is 0 Å². The smallest absolute Gasteiger partial charge is 0.262 e. The third kappa shape index (κ3) is 2.20. The summed E-state index contributed by atoms with van der Waals surface area (Å²) < 4.78 is 1.57. The number of hydrogen-bond donors (Lipinski definition) is 0. The lowest BCUT2D eigenvalue weighted by Gasteiger charge is -2.00. The molecule has 3 heterocycles. The largest absolute Gasteiger partial charge is 0.269 e. The first-order valence-corrected chi connectivity index (χ1v) is 6.68. The number of pyridine rings is 1. The summed E-state index contributed by atoms with van der Waals surface area (Å²) in [4.78, 5) is 21.3. The van der Waals surface area contributed by atoms with Gasteiger partial charge in [0.25, 0.3) is 5.56 Å². The van der Waals surface area contributed by atoms with Crippen LogP contribution in [0.2, 0.25) is 0 Å². The topological polar surface area (TPSA) is 47.3 Å². The van der Waals surface area contributed by atoms with Crippen LogP contribution in [0.4, 0.5) is 0 Å². The highest BCUT2D eigenvalue weighted by Gasteiger charge is 2.06. The maximum absolute atomic E-state index is 12.1. The number of thiazole rings is 1. The van der Waals surface area contributed by atoms with Crippen molar-refractivity contribution in [2.75, 3.05) is 0 Å². The molecular formula is C14H11N3OS. The normalized spacial score (nSPS) is 11.4. The van der Waals surface area contributed by atoms with E-state index in [0.717, 1.165) is 5.56 Å². The summed E-state index contributed by atoms with van der Waals surface area (Å²) in [5.74, 6) is 0. The average molecular weight is 269 g/mol. The van der Waals surface area contributed by atoms with E-state index in [1.165, 1.54) is 11.3 Å². The maximum atomic E-state index is 12.1. The molecule has 0 unspecified atom stereocenters. The van der Waals surface area contributed by atoms with E-state index < -0.39 is 0 Å². The lowest BCUT2D eigenvalue weighted by Crippen LogP contribution is -2.17. The zero-order valence-corrected chi connectivity index (χ0v) is 11.1. The zero-order chi connectivity index (χ0) is 13.2. The molecule has 94 valence electrons. The first kappa shape index (κ1) is 11.8. The highest BCUT2D eigenvalue weighted by molar-refractivity contribution is 7.15. The predicted molar refractivity (Wildman–Crippen MR) is 77.2 cm³/mol. The zero-order valence-electron chi connectivity index (χ0n) is 10.3. The third-order valence-electron chi connectivity index (χ3n) is 2.87. The van der Waals surface area contributed by atoms with Crippen LogP contribution in [-0.2, 0) is 0 Å². The van der Waals surface area contributed by atoms with Crippen molar-refractivity contribution in [2.45, 2.75) is 6.92 Å². The molecule has 0 bridgehead atoms. The highest BCUT2D eigenvalue weighted by Crippen LogP contribution is 2.12. The molecule has 3 aromatic rings. The molecule has 0 aliphatic heterocycles. The van der Waals surface area contributed by atoms with E-state index in [2.05, 4.69) is 9.97 Å². The molecular weight excluding hydrogens is 258 g/mol. The second-order valence-corrected chi connectivity index (χ2v) is 4.97. The van der Waals surface area contributed by atoms with E-state index in [1.807, 2.05) is 29.7 Å². The summed E-state index contributed by atoms with van der Waals surface area (Å²) in [5.41, 5.74) is 2.38. The standard InChI is InChI=1S/C14H11N3OS/c1-10-12(3-2-11-4-6-15-7-5-11)16-14-17(13(10)18)8-9-19-14/h2-9H,1H3/b3-2+. The Balaban J connectivity index is 2.08. The summed E-state index contributed by atoms with van der Waals surface area (Å²) in [6.07, 6.45) is 9.01. The molecule has 0 atom stereocenters. The van der Waals surface area contributed by atoms with E-state index in [4.69, 9.17) is 0 Å². The Labute approximate surface area is 113 Å². The minimum atomic E-state index is -0.0133. The van der Waals surface area contributed by atoms with Crippen molar-refractivity contribution >= 4 is 28.4 Å². The molecule has 0 spiro atoms. The van der Waals surface area contributed by atoms with Crippen molar-refractivity contribution in [1.29, 1.82) is 0 Å². The van der Waals surface area contributed by atoms with Gasteiger partial charge in [-0.25, -0.2) is 4.98 Å². The van der Waals surface area contributed by atoms with Crippen molar-refractivity contribution in [3.05, 3.63) is 63.3 Å². The fraction of sp³-hybridized carbons (Fsp3) is 0.0714. The number of nitrogens with zero attached hydrogens (tertiary/aromatic N) is 3. The van der Waals surface area contributed by atoms with E-state index in [1.54, 1.807) is 29.9 Å². The van der Waals surface area contributed by atoms with Crippen LogP contribution < -0.4 is 5.56 Å². The van der Waals surface area contributed by atoms with Gasteiger partial charge < -0.3 is 0 Å². The SMILES string of the molecule is Cc1c(/C=C/c2ccncc2)nc2sccn2c1=O. The molecule has 0 aliphatic carbocycles. The maximum Gasteiger partial charge on any atom is 0.262 e. The Bertz CT molecular complexity index is 802. The van der Waals surface area contributed by atoms with Gasteiger partial charge in [-0.05, 0) is 30.7 Å².